The first-order valence-electron chi connectivity index (χ1n) is 4.09. The molecular weight excluding hydrogens is 200 g/mol. The van der Waals surface area contributed by atoms with Crippen LogP contribution in [0.15, 0.2) is 35.2 Å². The molecule has 0 aliphatic carbocycles. The number of hydroxylamine groups is 1. The zero-order valence-electron chi connectivity index (χ0n) is 7.80. The highest BCUT2D eigenvalue weighted by Crippen LogP contribution is 2.19. The number of hydrogen-bond donors (Lipinski definition) is 2. The van der Waals surface area contributed by atoms with Crippen LogP contribution in [-0.2, 0) is 4.79 Å². The van der Waals surface area contributed by atoms with Crippen molar-refractivity contribution in [3.8, 4) is 0 Å². The number of amides is 1. The van der Waals surface area contributed by atoms with E-state index in [9.17, 15) is 4.79 Å². The normalized spacial score (nSPS) is 10.2. The fourth-order valence-electron chi connectivity index (χ4n) is 0.931. The van der Waals surface area contributed by atoms with Crippen molar-refractivity contribution >= 4 is 17.9 Å². The van der Waals surface area contributed by atoms with Crippen LogP contribution in [0.5, 0.6) is 0 Å². The Morgan fingerprint density at radius 2 is 2.14 bits per heavy atom. The molecule has 0 spiro atoms. The van der Waals surface area contributed by atoms with Gasteiger partial charge in [-0.1, -0.05) is 18.2 Å². The molecule has 2 N–H and O–H groups in total. The quantitative estimate of drug-likeness (QED) is 0.446. The Labute approximate surface area is 87.0 Å². The van der Waals surface area contributed by atoms with Crippen LogP contribution in [0.1, 0.15) is 0 Å². The molecule has 0 saturated heterocycles. The summed E-state index contributed by atoms with van der Waals surface area (Å²) in [7, 11) is 1.78. The lowest BCUT2D eigenvalue weighted by atomic mass is 10.4. The number of nitrogens with zero attached hydrogens (tertiary/aromatic N) is 1. The average Bonchev–Trinajstić information content (AvgIpc) is 2.19. The van der Waals surface area contributed by atoms with Crippen molar-refractivity contribution in [3.05, 3.63) is 30.3 Å². The summed E-state index contributed by atoms with van der Waals surface area (Å²) in [6.45, 7) is 0.149. The highest BCUT2D eigenvalue weighted by Gasteiger charge is 2.05. The molecule has 0 aliphatic heterocycles. The van der Waals surface area contributed by atoms with E-state index in [1.807, 2.05) is 30.3 Å². The zero-order chi connectivity index (χ0) is 10.4. The van der Waals surface area contributed by atoms with Crippen LogP contribution in [-0.4, -0.2) is 29.0 Å². The van der Waals surface area contributed by atoms with Gasteiger partial charge in [-0.05, 0) is 31.1 Å². The zero-order valence-corrected chi connectivity index (χ0v) is 8.62. The summed E-state index contributed by atoms with van der Waals surface area (Å²) in [6.07, 6.45) is 0. The van der Waals surface area contributed by atoms with Gasteiger partial charge in [0.05, 0.1) is 6.54 Å². The van der Waals surface area contributed by atoms with Crippen LogP contribution >= 0.6 is 11.9 Å². The van der Waals surface area contributed by atoms with E-state index in [4.69, 9.17) is 5.21 Å². The smallest absolute Gasteiger partial charge is 0.258 e. The number of carbonyl (C=O) groups excluding carboxylic acids is 1. The van der Waals surface area contributed by atoms with Gasteiger partial charge in [-0.25, -0.2) is 9.79 Å². The van der Waals surface area contributed by atoms with E-state index < -0.39 is 5.91 Å². The second kappa shape index (κ2) is 5.64. The lowest BCUT2D eigenvalue weighted by Crippen LogP contribution is -2.29. The predicted molar refractivity (Wildman–Crippen MR) is 54.9 cm³/mol. The van der Waals surface area contributed by atoms with E-state index in [1.54, 1.807) is 16.8 Å². The fourth-order valence-corrected chi connectivity index (χ4v) is 1.75. The monoisotopic (exact) mass is 212 g/mol. The molecule has 0 unspecified atom stereocenters. The van der Waals surface area contributed by atoms with E-state index >= 15 is 0 Å². The van der Waals surface area contributed by atoms with Gasteiger partial charge in [-0.2, -0.15) is 0 Å². The molecule has 5 heteroatoms. The van der Waals surface area contributed by atoms with Crippen LogP contribution < -0.4 is 5.48 Å². The van der Waals surface area contributed by atoms with Gasteiger partial charge in [0.15, 0.2) is 0 Å². The Morgan fingerprint density at radius 1 is 1.50 bits per heavy atom. The summed E-state index contributed by atoms with van der Waals surface area (Å²) in [5.41, 5.74) is 1.59. The first-order chi connectivity index (χ1) is 6.72. The van der Waals surface area contributed by atoms with Gasteiger partial charge in [-0.3, -0.25) is 10.0 Å². The molecule has 1 aromatic rings. The molecule has 76 valence electrons. The summed E-state index contributed by atoms with van der Waals surface area (Å²) >= 11 is 1.45. The minimum atomic E-state index is -0.420. The Kier molecular flexibility index (Phi) is 4.45. The summed E-state index contributed by atoms with van der Waals surface area (Å²) in [4.78, 5) is 11.9. The van der Waals surface area contributed by atoms with Crippen LogP contribution in [0.25, 0.3) is 0 Å². The largest absolute Gasteiger partial charge is 0.289 e. The first kappa shape index (κ1) is 11.0. The van der Waals surface area contributed by atoms with Crippen LogP contribution in [0.4, 0.5) is 0 Å². The predicted octanol–water partition coefficient (Wildman–Crippen LogP) is 1.13. The van der Waals surface area contributed by atoms with Gasteiger partial charge < -0.3 is 0 Å². The molecule has 1 rings (SSSR count). The molecule has 0 aromatic heterocycles. The van der Waals surface area contributed by atoms with E-state index in [2.05, 4.69) is 0 Å². The van der Waals surface area contributed by atoms with Gasteiger partial charge in [0.2, 0.25) is 0 Å². The molecule has 14 heavy (non-hydrogen) atoms. The number of carbonyl (C=O) groups is 1. The number of hydrogen-bond acceptors (Lipinski definition) is 4. The Morgan fingerprint density at radius 3 is 2.71 bits per heavy atom. The molecule has 1 aromatic carbocycles. The first-order valence-corrected chi connectivity index (χ1v) is 4.87. The maximum Gasteiger partial charge on any atom is 0.258 e. The van der Waals surface area contributed by atoms with Crippen molar-refractivity contribution in [2.24, 2.45) is 0 Å². The summed E-state index contributed by atoms with van der Waals surface area (Å²) < 4.78 is 1.74. The third kappa shape index (κ3) is 3.78. The summed E-state index contributed by atoms with van der Waals surface area (Å²) in [5.74, 6) is -0.420. The molecule has 1 amide bonds. The van der Waals surface area contributed by atoms with E-state index in [1.165, 1.54) is 11.9 Å². The average molecular weight is 212 g/mol. The maximum atomic E-state index is 10.8. The number of benzene rings is 1. The minimum Gasteiger partial charge on any atom is -0.289 e. The Hall–Kier alpha value is -1.04. The summed E-state index contributed by atoms with van der Waals surface area (Å²) in [5, 5.41) is 8.31. The van der Waals surface area contributed by atoms with Gasteiger partial charge >= 0.3 is 0 Å². The van der Waals surface area contributed by atoms with Gasteiger partial charge in [0, 0.05) is 4.90 Å². The van der Waals surface area contributed by atoms with Crippen molar-refractivity contribution in [2.75, 3.05) is 13.6 Å². The molecule has 0 radical (unpaired) electrons. The Balaban J connectivity index is 2.41. The van der Waals surface area contributed by atoms with E-state index in [0.717, 1.165) is 4.90 Å². The number of likely N-dealkylation sites (N-methyl/N-ethyl adjacent to an activating group) is 1. The maximum absolute atomic E-state index is 10.8. The minimum absolute atomic E-state index is 0.149. The lowest BCUT2D eigenvalue weighted by molar-refractivity contribution is -0.129. The third-order valence-electron chi connectivity index (χ3n) is 1.50. The lowest BCUT2D eigenvalue weighted by Gasteiger charge is -2.13. The molecule has 4 nitrogen and oxygen atoms in total. The number of nitrogens with one attached hydrogen (secondary N) is 1. The van der Waals surface area contributed by atoms with E-state index in [-0.39, 0.29) is 6.54 Å². The second-order valence-corrected chi connectivity index (χ2v) is 4.00. The standard InChI is InChI=1S/C9H12N2O2S/c1-11(7-9(12)10-13)14-8-5-3-2-4-6-8/h2-6,13H,7H2,1H3,(H,10,12). The number of rotatable bonds is 4. The third-order valence-corrected chi connectivity index (χ3v) is 2.42. The highest BCUT2D eigenvalue weighted by atomic mass is 32.2. The van der Waals surface area contributed by atoms with Crippen molar-refractivity contribution in [2.45, 2.75) is 4.90 Å². The molecule has 0 saturated carbocycles. The van der Waals surface area contributed by atoms with Gasteiger partial charge in [0.1, 0.15) is 0 Å². The molecule has 0 fully saturated rings. The molecule has 0 aliphatic rings. The van der Waals surface area contributed by atoms with E-state index in [0.29, 0.717) is 0 Å². The van der Waals surface area contributed by atoms with Crippen molar-refractivity contribution in [1.29, 1.82) is 0 Å². The second-order valence-electron chi connectivity index (χ2n) is 2.73. The van der Waals surface area contributed by atoms with Crippen molar-refractivity contribution in [3.63, 3.8) is 0 Å². The molecule has 0 heterocycles. The summed E-state index contributed by atoms with van der Waals surface area (Å²) in [6, 6.07) is 9.71. The van der Waals surface area contributed by atoms with Crippen LogP contribution in [0.2, 0.25) is 0 Å². The van der Waals surface area contributed by atoms with Crippen LogP contribution in [0.3, 0.4) is 0 Å². The van der Waals surface area contributed by atoms with Gasteiger partial charge in [0.25, 0.3) is 5.91 Å². The molecule has 0 bridgehead atoms. The van der Waals surface area contributed by atoms with Crippen LogP contribution in [0, 0.1) is 0 Å². The van der Waals surface area contributed by atoms with Gasteiger partial charge in [-0.15, -0.1) is 0 Å². The highest BCUT2D eigenvalue weighted by molar-refractivity contribution is 7.97. The SMILES string of the molecule is CN(CC(=O)NO)Sc1ccccc1. The topological polar surface area (TPSA) is 52.6 Å². The molecular formula is C9H12N2O2S. The Bertz CT molecular complexity index is 292. The fraction of sp³-hybridized carbons (Fsp3) is 0.222. The van der Waals surface area contributed by atoms with Crippen molar-refractivity contribution < 1.29 is 10.0 Å². The van der Waals surface area contributed by atoms with Crippen molar-refractivity contribution in [1.82, 2.24) is 9.79 Å². The molecule has 0 atom stereocenters.